The lowest BCUT2D eigenvalue weighted by Gasteiger charge is -2.40. The highest BCUT2D eigenvalue weighted by Gasteiger charge is 2.37. The number of hydrogen-bond donors (Lipinski definition) is 1. The van der Waals surface area contributed by atoms with Crippen molar-refractivity contribution in [2.75, 3.05) is 32.7 Å². The summed E-state index contributed by atoms with van der Waals surface area (Å²) in [5, 5.41) is 0. The van der Waals surface area contributed by atoms with Gasteiger partial charge in [0.2, 0.25) is 5.91 Å². The van der Waals surface area contributed by atoms with Gasteiger partial charge in [0.1, 0.15) is 0 Å². The zero-order valence-corrected chi connectivity index (χ0v) is 12.4. The molecule has 0 bridgehead atoms. The van der Waals surface area contributed by atoms with Crippen LogP contribution in [0.5, 0.6) is 0 Å². The first-order valence-corrected chi connectivity index (χ1v) is 7.61. The highest BCUT2D eigenvalue weighted by atomic mass is 19.4. The van der Waals surface area contributed by atoms with Crippen LogP contribution in [-0.2, 0) is 4.79 Å². The van der Waals surface area contributed by atoms with Crippen LogP contribution in [0.4, 0.5) is 13.2 Å². The molecule has 1 aliphatic carbocycles. The third-order valence-electron chi connectivity index (χ3n) is 4.77. The Hall–Kier alpha value is -0.820. The molecule has 0 aromatic heterocycles. The van der Waals surface area contributed by atoms with Gasteiger partial charge in [0.15, 0.2) is 0 Å². The molecule has 2 N–H and O–H groups in total. The van der Waals surface area contributed by atoms with Crippen molar-refractivity contribution in [2.24, 2.45) is 17.6 Å². The number of rotatable bonds is 2. The second kappa shape index (κ2) is 6.52. The van der Waals surface area contributed by atoms with Gasteiger partial charge >= 0.3 is 6.18 Å². The predicted molar refractivity (Wildman–Crippen MR) is 73.6 cm³/mol. The maximum absolute atomic E-state index is 12.5. The summed E-state index contributed by atoms with van der Waals surface area (Å²) < 4.78 is 37.0. The number of carbonyl (C=O) groups is 1. The SMILES string of the molecule is CC1C(N)CCCC1C(=O)N1CCN(CC(F)(F)F)CC1. The van der Waals surface area contributed by atoms with Crippen LogP contribution in [0.3, 0.4) is 0 Å². The molecule has 21 heavy (non-hydrogen) atoms. The molecule has 0 radical (unpaired) electrons. The maximum Gasteiger partial charge on any atom is 0.401 e. The summed E-state index contributed by atoms with van der Waals surface area (Å²) in [5.74, 6) is 0.159. The van der Waals surface area contributed by atoms with Gasteiger partial charge in [0, 0.05) is 38.1 Å². The first-order chi connectivity index (χ1) is 9.78. The van der Waals surface area contributed by atoms with Crippen LogP contribution in [-0.4, -0.2) is 60.6 Å². The van der Waals surface area contributed by atoms with Gasteiger partial charge in [-0.15, -0.1) is 0 Å². The van der Waals surface area contributed by atoms with E-state index in [9.17, 15) is 18.0 Å². The first kappa shape index (κ1) is 16.5. The zero-order valence-electron chi connectivity index (χ0n) is 12.4. The Bertz CT molecular complexity index is 367. The average Bonchev–Trinajstić information content (AvgIpc) is 2.40. The number of amides is 1. The smallest absolute Gasteiger partial charge is 0.340 e. The monoisotopic (exact) mass is 307 g/mol. The highest BCUT2D eigenvalue weighted by Crippen LogP contribution is 2.30. The largest absolute Gasteiger partial charge is 0.401 e. The molecule has 1 aliphatic heterocycles. The van der Waals surface area contributed by atoms with Crippen LogP contribution < -0.4 is 5.73 Å². The number of alkyl halides is 3. The van der Waals surface area contributed by atoms with Crippen molar-refractivity contribution in [1.29, 1.82) is 0 Å². The molecule has 1 saturated heterocycles. The van der Waals surface area contributed by atoms with Gasteiger partial charge in [-0.1, -0.05) is 13.3 Å². The van der Waals surface area contributed by atoms with Gasteiger partial charge in [0.05, 0.1) is 6.54 Å². The summed E-state index contributed by atoms with van der Waals surface area (Å²) in [7, 11) is 0. The van der Waals surface area contributed by atoms with Gasteiger partial charge < -0.3 is 10.6 Å². The molecule has 0 aromatic rings. The molecule has 0 spiro atoms. The molecule has 2 rings (SSSR count). The Morgan fingerprint density at radius 1 is 1.19 bits per heavy atom. The number of carbonyl (C=O) groups excluding carboxylic acids is 1. The van der Waals surface area contributed by atoms with E-state index in [0.717, 1.165) is 19.3 Å². The molecule has 4 nitrogen and oxygen atoms in total. The van der Waals surface area contributed by atoms with Crippen molar-refractivity contribution in [3.05, 3.63) is 0 Å². The van der Waals surface area contributed by atoms with E-state index in [1.54, 1.807) is 4.90 Å². The van der Waals surface area contributed by atoms with E-state index in [1.165, 1.54) is 4.90 Å². The van der Waals surface area contributed by atoms with Crippen LogP contribution in [0.15, 0.2) is 0 Å². The van der Waals surface area contributed by atoms with E-state index in [2.05, 4.69) is 0 Å². The van der Waals surface area contributed by atoms with E-state index in [1.807, 2.05) is 6.92 Å². The van der Waals surface area contributed by atoms with E-state index in [4.69, 9.17) is 5.73 Å². The molecular weight excluding hydrogens is 283 g/mol. The maximum atomic E-state index is 12.5. The third kappa shape index (κ3) is 4.32. The van der Waals surface area contributed by atoms with Crippen LogP contribution in [0.25, 0.3) is 0 Å². The Labute approximate surface area is 123 Å². The number of nitrogens with zero attached hydrogens (tertiary/aromatic N) is 2. The fraction of sp³-hybridized carbons (Fsp3) is 0.929. The predicted octanol–water partition coefficient (Wildman–Crippen LogP) is 1.46. The molecule has 122 valence electrons. The Morgan fingerprint density at radius 3 is 2.38 bits per heavy atom. The fourth-order valence-corrected chi connectivity index (χ4v) is 3.36. The van der Waals surface area contributed by atoms with Gasteiger partial charge in [0.25, 0.3) is 0 Å². The number of halogens is 3. The average molecular weight is 307 g/mol. The summed E-state index contributed by atoms with van der Waals surface area (Å²) >= 11 is 0. The van der Waals surface area contributed by atoms with Crippen molar-refractivity contribution < 1.29 is 18.0 Å². The van der Waals surface area contributed by atoms with Gasteiger partial charge in [-0.3, -0.25) is 9.69 Å². The number of hydrogen-bond acceptors (Lipinski definition) is 3. The number of piperazine rings is 1. The lowest BCUT2D eigenvalue weighted by Crippen LogP contribution is -2.54. The first-order valence-electron chi connectivity index (χ1n) is 7.61. The molecule has 3 atom stereocenters. The molecule has 1 heterocycles. The second-order valence-corrected chi connectivity index (χ2v) is 6.28. The van der Waals surface area contributed by atoms with Crippen molar-refractivity contribution in [3.8, 4) is 0 Å². The summed E-state index contributed by atoms with van der Waals surface area (Å²) in [6.07, 6.45) is -1.42. The molecule has 1 saturated carbocycles. The summed E-state index contributed by atoms with van der Waals surface area (Å²) in [5.41, 5.74) is 6.02. The quantitative estimate of drug-likeness (QED) is 0.840. The fourth-order valence-electron chi connectivity index (χ4n) is 3.36. The molecule has 3 unspecified atom stereocenters. The van der Waals surface area contributed by atoms with Crippen LogP contribution in [0, 0.1) is 11.8 Å². The minimum Gasteiger partial charge on any atom is -0.340 e. The molecule has 2 fully saturated rings. The van der Waals surface area contributed by atoms with Crippen molar-refractivity contribution >= 4 is 5.91 Å². The highest BCUT2D eigenvalue weighted by molar-refractivity contribution is 5.79. The van der Waals surface area contributed by atoms with Crippen LogP contribution in [0.2, 0.25) is 0 Å². The van der Waals surface area contributed by atoms with E-state index < -0.39 is 12.7 Å². The lowest BCUT2D eigenvalue weighted by atomic mass is 9.76. The van der Waals surface area contributed by atoms with E-state index >= 15 is 0 Å². The Morgan fingerprint density at radius 2 is 1.81 bits per heavy atom. The summed E-state index contributed by atoms with van der Waals surface area (Å²) in [4.78, 5) is 15.6. The molecule has 0 aromatic carbocycles. The second-order valence-electron chi connectivity index (χ2n) is 6.28. The van der Waals surface area contributed by atoms with Crippen molar-refractivity contribution in [2.45, 2.75) is 38.4 Å². The van der Waals surface area contributed by atoms with Gasteiger partial charge in [-0.05, 0) is 18.8 Å². The molecular formula is C14H24F3N3O. The standard InChI is InChI=1S/C14H24F3N3O/c1-10-11(3-2-4-12(10)18)13(21)20-7-5-19(6-8-20)9-14(15,16)17/h10-12H,2-9,18H2,1H3. The van der Waals surface area contributed by atoms with E-state index in [-0.39, 0.29) is 23.8 Å². The van der Waals surface area contributed by atoms with Crippen molar-refractivity contribution in [1.82, 2.24) is 9.80 Å². The van der Waals surface area contributed by atoms with E-state index in [0.29, 0.717) is 26.2 Å². The number of nitrogens with two attached hydrogens (primary N) is 1. The Balaban J connectivity index is 1.85. The third-order valence-corrected chi connectivity index (χ3v) is 4.77. The molecule has 7 heteroatoms. The zero-order chi connectivity index (χ0) is 15.6. The van der Waals surface area contributed by atoms with Crippen LogP contribution in [0.1, 0.15) is 26.2 Å². The van der Waals surface area contributed by atoms with Gasteiger partial charge in [-0.25, -0.2) is 0 Å². The summed E-state index contributed by atoms with van der Waals surface area (Å²) in [6.45, 7) is 2.46. The summed E-state index contributed by atoms with van der Waals surface area (Å²) in [6, 6.07) is 0.0548. The van der Waals surface area contributed by atoms with Gasteiger partial charge in [-0.2, -0.15) is 13.2 Å². The van der Waals surface area contributed by atoms with Crippen LogP contribution >= 0.6 is 0 Å². The van der Waals surface area contributed by atoms with Crippen molar-refractivity contribution in [3.63, 3.8) is 0 Å². The minimum absolute atomic E-state index is 0.0548. The normalized spacial score (nSPS) is 32.2. The lowest BCUT2D eigenvalue weighted by molar-refractivity contribution is -0.153. The minimum atomic E-state index is -4.17. The molecule has 2 aliphatic rings. The Kier molecular flexibility index (Phi) is 5.14. The molecule has 1 amide bonds. The topological polar surface area (TPSA) is 49.6 Å².